The van der Waals surface area contributed by atoms with Crippen molar-refractivity contribution in [2.45, 2.75) is 13.8 Å². The molecule has 3 aromatic rings. The summed E-state index contributed by atoms with van der Waals surface area (Å²) in [5.41, 5.74) is 3.65. The predicted molar refractivity (Wildman–Crippen MR) is 77.8 cm³/mol. The molecule has 0 radical (unpaired) electrons. The number of nitrogens with zero attached hydrogens (tertiary/aromatic N) is 1. The third-order valence-electron chi connectivity index (χ3n) is 3.46. The zero-order chi connectivity index (χ0) is 14.4. The van der Waals surface area contributed by atoms with Crippen LogP contribution in [0.25, 0.3) is 16.7 Å². The van der Waals surface area contributed by atoms with Crippen molar-refractivity contribution < 1.29 is 8.78 Å². The third-order valence-corrected chi connectivity index (χ3v) is 3.74. The fraction of sp³-hybridized carbons (Fsp3) is 0.133. The molecule has 2 aromatic carbocycles. The summed E-state index contributed by atoms with van der Waals surface area (Å²) in [5.74, 6) is -1.27. The van der Waals surface area contributed by atoms with Crippen LogP contribution in [0.15, 0.2) is 30.3 Å². The van der Waals surface area contributed by atoms with Gasteiger partial charge in [-0.05, 0) is 49.3 Å². The first-order chi connectivity index (χ1) is 9.47. The second-order valence-electron chi connectivity index (χ2n) is 4.82. The summed E-state index contributed by atoms with van der Waals surface area (Å²) in [6.07, 6.45) is 0. The second-order valence-corrected chi connectivity index (χ2v) is 5.20. The van der Waals surface area contributed by atoms with Gasteiger partial charge in [-0.15, -0.1) is 0 Å². The molecule has 20 heavy (non-hydrogen) atoms. The number of fused-ring (bicyclic) bond motifs is 1. The van der Waals surface area contributed by atoms with Gasteiger partial charge >= 0.3 is 0 Å². The van der Waals surface area contributed by atoms with Crippen molar-refractivity contribution in [2.24, 2.45) is 0 Å². The lowest BCUT2D eigenvalue weighted by Gasteiger charge is -2.07. The molecule has 0 amide bonds. The van der Waals surface area contributed by atoms with E-state index >= 15 is 0 Å². The molecule has 0 saturated heterocycles. The Kier molecular flexibility index (Phi) is 2.94. The molecule has 3 rings (SSSR count). The maximum atomic E-state index is 13.8. The van der Waals surface area contributed by atoms with Crippen LogP contribution < -0.4 is 0 Å². The van der Waals surface area contributed by atoms with Crippen LogP contribution in [0.3, 0.4) is 0 Å². The summed E-state index contributed by atoms with van der Waals surface area (Å²) in [7, 11) is 0. The van der Waals surface area contributed by atoms with E-state index in [0.717, 1.165) is 22.9 Å². The monoisotopic (exact) mass is 290 g/mol. The van der Waals surface area contributed by atoms with Crippen LogP contribution in [-0.4, -0.2) is 9.55 Å². The molecule has 1 N–H and O–H groups in total. The van der Waals surface area contributed by atoms with E-state index < -0.39 is 11.6 Å². The van der Waals surface area contributed by atoms with E-state index in [1.54, 1.807) is 4.57 Å². The number of rotatable bonds is 1. The van der Waals surface area contributed by atoms with Crippen molar-refractivity contribution >= 4 is 23.3 Å². The number of aryl methyl sites for hydroxylation is 2. The first-order valence-electron chi connectivity index (χ1n) is 6.15. The molecule has 1 aromatic heterocycles. The zero-order valence-corrected chi connectivity index (χ0v) is 11.8. The summed E-state index contributed by atoms with van der Waals surface area (Å²) in [4.78, 5) is 2.79. The molecule has 0 atom stereocenters. The number of benzene rings is 2. The summed E-state index contributed by atoms with van der Waals surface area (Å²) < 4.78 is 29.2. The third kappa shape index (κ3) is 1.94. The molecule has 0 bridgehead atoms. The molecule has 0 aliphatic rings. The zero-order valence-electron chi connectivity index (χ0n) is 11.0. The maximum absolute atomic E-state index is 13.8. The van der Waals surface area contributed by atoms with Gasteiger partial charge in [-0.1, -0.05) is 6.07 Å². The number of aromatic amines is 1. The highest BCUT2D eigenvalue weighted by Crippen LogP contribution is 2.24. The summed E-state index contributed by atoms with van der Waals surface area (Å²) >= 11 is 5.23. The smallest absolute Gasteiger partial charge is 0.182 e. The van der Waals surface area contributed by atoms with Gasteiger partial charge in [-0.2, -0.15) is 0 Å². The molecule has 2 nitrogen and oxygen atoms in total. The number of aromatic nitrogens is 2. The van der Waals surface area contributed by atoms with Gasteiger partial charge in [-0.25, -0.2) is 8.78 Å². The Morgan fingerprint density at radius 1 is 1.05 bits per heavy atom. The highest BCUT2D eigenvalue weighted by Gasteiger charge is 2.12. The van der Waals surface area contributed by atoms with Gasteiger partial charge in [0.25, 0.3) is 0 Å². The van der Waals surface area contributed by atoms with E-state index in [2.05, 4.69) is 4.98 Å². The van der Waals surface area contributed by atoms with E-state index in [4.69, 9.17) is 12.2 Å². The topological polar surface area (TPSA) is 20.7 Å². The Hall–Kier alpha value is -2.01. The van der Waals surface area contributed by atoms with E-state index in [1.165, 1.54) is 6.07 Å². The van der Waals surface area contributed by atoms with Crippen LogP contribution in [0, 0.1) is 30.3 Å². The highest BCUT2D eigenvalue weighted by atomic mass is 32.1. The molecule has 0 fully saturated rings. The maximum Gasteiger partial charge on any atom is 0.182 e. The summed E-state index contributed by atoms with van der Waals surface area (Å²) in [6.45, 7) is 3.99. The molecule has 0 aliphatic heterocycles. The van der Waals surface area contributed by atoms with E-state index in [9.17, 15) is 8.78 Å². The molecule has 0 spiro atoms. The van der Waals surface area contributed by atoms with Crippen molar-refractivity contribution in [3.63, 3.8) is 0 Å². The molecule has 0 saturated carbocycles. The molecule has 0 aliphatic carbocycles. The molecule has 0 unspecified atom stereocenters. The van der Waals surface area contributed by atoms with Crippen molar-refractivity contribution in [3.05, 3.63) is 57.9 Å². The number of nitrogens with one attached hydrogen (secondary N) is 1. The molecular formula is C15H12F2N2S. The van der Waals surface area contributed by atoms with Gasteiger partial charge in [0.15, 0.2) is 10.6 Å². The average molecular weight is 290 g/mol. The predicted octanol–water partition coefficient (Wildman–Crippen LogP) is 4.58. The fourth-order valence-corrected chi connectivity index (χ4v) is 2.56. The second kappa shape index (κ2) is 4.52. The van der Waals surface area contributed by atoms with Gasteiger partial charge in [0, 0.05) is 17.8 Å². The SMILES string of the molecule is Cc1ccc(-n2c(=S)[nH]c3c(F)cc(F)cc32)cc1C. The van der Waals surface area contributed by atoms with E-state index in [-0.39, 0.29) is 5.52 Å². The van der Waals surface area contributed by atoms with Crippen LogP contribution in [0.1, 0.15) is 11.1 Å². The Labute approximate surface area is 119 Å². The minimum absolute atomic E-state index is 0.217. The molecule has 102 valence electrons. The lowest BCUT2D eigenvalue weighted by Crippen LogP contribution is -1.96. The van der Waals surface area contributed by atoms with Crippen molar-refractivity contribution in [3.8, 4) is 5.69 Å². The molecule has 5 heteroatoms. The number of hydrogen-bond acceptors (Lipinski definition) is 1. The van der Waals surface area contributed by atoms with Crippen LogP contribution in [-0.2, 0) is 0 Å². The lowest BCUT2D eigenvalue weighted by molar-refractivity contribution is 0.590. The van der Waals surface area contributed by atoms with Crippen LogP contribution in [0.2, 0.25) is 0 Å². The number of halogens is 2. The summed E-state index contributed by atoms with van der Waals surface area (Å²) in [6, 6.07) is 7.91. The van der Waals surface area contributed by atoms with Crippen molar-refractivity contribution in [2.75, 3.05) is 0 Å². The normalized spacial score (nSPS) is 11.2. The van der Waals surface area contributed by atoms with Gasteiger partial charge in [0.1, 0.15) is 11.3 Å². The van der Waals surface area contributed by atoms with Crippen LogP contribution in [0.5, 0.6) is 0 Å². The van der Waals surface area contributed by atoms with Gasteiger partial charge in [0.2, 0.25) is 0 Å². The minimum Gasteiger partial charge on any atom is -0.328 e. The van der Waals surface area contributed by atoms with Gasteiger partial charge in [-0.3, -0.25) is 4.57 Å². The number of H-pyrrole nitrogens is 1. The molecular weight excluding hydrogens is 278 g/mol. The number of imidazole rings is 1. The first-order valence-corrected chi connectivity index (χ1v) is 6.55. The fourth-order valence-electron chi connectivity index (χ4n) is 2.25. The first kappa shape index (κ1) is 13.0. The Balaban J connectivity index is 2.38. The number of hydrogen-bond donors (Lipinski definition) is 1. The highest BCUT2D eigenvalue weighted by molar-refractivity contribution is 7.71. The van der Waals surface area contributed by atoms with Crippen molar-refractivity contribution in [1.29, 1.82) is 0 Å². The Morgan fingerprint density at radius 3 is 2.50 bits per heavy atom. The van der Waals surface area contributed by atoms with Gasteiger partial charge < -0.3 is 4.98 Å². The molecule has 1 heterocycles. The summed E-state index contributed by atoms with van der Waals surface area (Å²) in [5, 5.41) is 0. The van der Waals surface area contributed by atoms with Gasteiger partial charge in [0.05, 0.1) is 5.52 Å². The Bertz CT molecular complexity index is 877. The van der Waals surface area contributed by atoms with Crippen LogP contribution >= 0.6 is 12.2 Å². The lowest BCUT2D eigenvalue weighted by atomic mass is 10.1. The van der Waals surface area contributed by atoms with Crippen molar-refractivity contribution in [1.82, 2.24) is 9.55 Å². The van der Waals surface area contributed by atoms with E-state index in [0.29, 0.717) is 10.3 Å². The Morgan fingerprint density at radius 2 is 1.80 bits per heavy atom. The minimum atomic E-state index is -0.645. The average Bonchev–Trinajstić information content (AvgIpc) is 2.70. The van der Waals surface area contributed by atoms with Crippen LogP contribution in [0.4, 0.5) is 8.78 Å². The van der Waals surface area contributed by atoms with E-state index in [1.807, 2.05) is 32.0 Å². The quantitative estimate of drug-likeness (QED) is 0.650. The largest absolute Gasteiger partial charge is 0.328 e. The standard InChI is InChI=1S/C15H12F2N2S/c1-8-3-4-11(5-9(8)2)19-13-7-10(16)6-12(17)14(13)18-15(19)20/h3-7H,1-2H3,(H,18,20).